The van der Waals surface area contributed by atoms with Crippen molar-refractivity contribution < 1.29 is 14.7 Å². The van der Waals surface area contributed by atoms with Crippen LogP contribution >= 0.6 is 0 Å². The number of aryl methyl sites for hydroxylation is 2. The largest absolute Gasteiger partial charge is 0.322 e. The van der Waals surface area contributed by atoms with E-state index in [2.05, 4.69) is 37.4 Å². The van der Waals surface area contributed by atoms with Crippen LogP contribution in [0.4, 0.5) is 10.5 Å². The van der Waals surface area contributed by atoms with Gasteiger partial charge in [-0.05, 0) is 36.6 Å². The van der Waals surface area contributed by atoms with E-state index in [0.717, 1.165) is 50.5 Å². The number of hydrogen-bond acceptors (Lipinski definition) is 4. The second-order valence-electron chi connectivity index (χ2n) is 8.76. The van der Waals surface area contributed by atoms with Gasteiger partial charge < -0.3 is 10.2 Å². The molecule has 1 aliphatic heterocycles. The van der Waals surface area contributed by atoms with Gasteiger partial charge >= 0.3 is 6.03 Å². The second kappa shape index (κ2) is 9.54. The number of amides is 2. The average Bonchev–Trinajstić information content (AvgIpc) is 2.88. The molecule has 35 heavy (non-hydrogen) atoms. The highest BCUT2D eigenvalue weighted by Crippen LogP contribution is 2.32. The molecule has 7 heteroatoms. The molecule has 2 aromatic carbocycles. The molecule has 0 atom stereocenters. The number of carbonyl (C=O) groups excluding carboxylic acids is 1. The molecule has 5 rings (SSSR count). The Hall–Kier alpha value is -4.26. The van der Waals surface area contributed by atoms with Gasteiger partial charge in [0.25, 0.3) is 0 Å². The number of aromatic nitrogens is 3. The first-order valence-electron chi connectivity index (χ1n) is 11.8. The summed E-state index contributed by atoms with van der Waals surface area (Å²) in [5, 5.41) is 12.7. The smallest absolute Gasteiger partial charge is 0.320 e. The lowest BCUT2D eigenvalue weighted by Crippen LogP contribution is -2.39. The summed E-state index contributed by atoms with van der Waals surface area (Å²) in [6.07, 6.45) is 4.68. The van der Waals surface area contributed by atoms with E-state index < -0.39 is 0 Å². The Balaban J connectivity index is 1.51. The van der Waals surface area contributed by atoms with Crippen LogP contribution < -0.4 is 10.0 Å². The summed E-state index contributed by atoms with van der Waals surface area (Å²) in [5.74, 6) is 0.608. The molecule has 176 valence electrons. The van der Waals surface area contributed by atoms with Crippen molar-refractivity contribution in [3.63, 3.8) is 0 Å². The number of anilines is 1. The fourth-order valence-electron chi connectivity index (χ4n) is 4.42. The van der Waals surface area contributed by atoms with Crippen molar-refractivity contribution in [3.8, 4) is 22.6 Å². The monoisotopic (exact) mass is 466 g/mol. The summed E-state index contributed by atoms with van der Waals surface area (Å²) < 4.78 is 0.997. The Morgan fingerprint density at radius 3 is 2.66 bits per heavy atom. The Labute approximate surface area is 204 Å². The lowest BCUT2D eigenvalue weighted by Gasteiger charge is -2.30. The Bertz CT molecular complexity index is 1380. The molecule has 0 unspecified atom stereocenters. The zero-order valence-electron chi connectivity index (χ0n) is 19.9. The van der Waals surface area contributed by atoms with Crippen LogP contribution in [0.3, 0.4) is 0 Å². The number of nitrogens with zero attached hydrogens (tertiary/aromatic N) is 4. The fourth-order valence-corrected chi connectivity index (χ4v) is 4.42. The first-order valence-corrected chi connectivity index (χ1v) is 11.8. The van der Waals surface area contributed by atoms with Gasteiger partial charge in [0.1, 0.15) is 0 Å². The van der Waals surface area contributed by atoms with Gasteiger partial charge in [0.15, 0.2) is 5.82 Å². The molecule has 2 amide bonds. The standard InChI is InChI=1S/C28H27N5O2/c1-3-20-8-6-9-22(17-20)29-28(34)32-14-13-25-24(18-32)26(23-10-5-4-7-19(23)2)31-27(30-25)21-11-15-33(35)16-12-21/h4-12,15-17H,3,13-14,18H2,1-2H3,(H-,29,30,31,34,35)/p+1. The van der Waals surface area contributed by atoms with Gasteiger partial charge in [-0.3, -0.25) is 5.21 Å². The minimum atomic E-state index is -0.126. The van der Waals surface area contributed by atoms with Crippen LogP contribution in [0, 0.1) is 6.92 Å². The summed E-state index contributed by atoms with van der Waals surface area (Å²) >= 11 is 0. The van der Waals surface area contributed by atoms with E-state index in [1.165, 1.54) is 5.56 Å². The summed E-state index contributed by atoms with van der Waals surface area (Å²) in [6, 6.07) is 19.5. The summed E-state index contributed by atoms with van der Waals surface area (Å²) in [7, 11) is 0. The van der Waals surface area contributed by atoms with Gasteiger partial charge in [-0.1, -0.05) is 43.3 Å². The van der Waals surface area contributed by atoms with E-state index in [-0.39, 0.29) is 6.03 Å². The molecule has 0 aliphatic carbocycles. The van der Waals surface area contributed by atoms with Crippen LogP contribution in [0.15, 0.2) is 73.1 Å². The number of pyridine rings is 1. The van der Waals surface area contributed by atoms with Gasteiger partial charge in [-0.25, -0.2) is 14.8 Å². The number of urea groups is 1. The Morgan fingerprint density at radius 2 is 1.89 bits per heavy atom. The molecule has 0 saturated heterocycles. The lowest BCUT2D eigenvalue weighted by atomic mass is 9.96. The summed E-state index contributed by atoms with van der Waals surface area (Å²) in [5.41, 5.74) is 7.71. The summed E-state index contributed by atoms with van der Waals surface area (Å²) in [6.45, 7) is 5.17. The molecule has 3 heterocycles. The van der Waals surface area contributed by atoms with Gasteiger partial charge in [-0.15, -0.1) is 0 Å². The predicted molar refractivity (Wildman–Crippen MR) is 134 cm³/mol. The van der Waals surface area contributed by atoms with E-state index in [1.807, 2.05) is 35.2 Å². The highest BCUT2D eigenvalue weighted by molar-refractivity contribution is 5.89. The minimum absolute atomic E-state index is 0.126. The minimum Gasteiger partial charge on any atom is -0.320 e. The molecule has 2 N–H and O–H groups in total. The maximum absolute atomic E-state index is 13.2. The second-order valence-corrected chi connectivity index (χ2v) is 8.76. The van der Waals surface area contributed by atoms with Crippen molar-refractivity contribution in [3.05, 3.63) is 95.4 Å². The van der Waals surface area contributed by atoms with Crippen LogP contribution in [0.5, 0.6) is 0 Å². The van der Waals surface area contributed by atoms with E-state index in [9.17, 15) is 10.0 Å². The number of nitrogens with one attached hydrogen (secondary N) is 1. The number of rotatable bonds is 4. The first-order chi connectivity index (χ1) is 17.0. The number of fused-ring (bicyclic) bond motifs is 1. The van der Waals surface area contributed by atoms with E-state index in [0.29, 0.717) is 25.3 Å². The van der Waals surface area contributed by atoms with Crippen molar-refractivity contribution in [2.45, 2.75) is 33.2 Å². The van der Waals surface area contributed by atoms with Gasteiger partial charge in [0.2, 0.25) is 12.4 Å². The molecule has 0 fully saturated rings. The van der Waals surface area contributed by atoms with Gasteiger partial charge in [-0.2, -0.15) is 0 Å². The molecule has 7 nitrogen and oxygen atoms in total. The van der Waals surface area contributed by atoms with Crippen molar-refractivity contribution >= 4 is 11.7 Å². The molecular weight excluding hydrogens is 438 g/mol. The summed E-state index contributed by atoms with van der Waals surface area (Å²) in [4.78, 5) is 24.8. The molecule has 0 spiro atoms. The maximum Gasteiger partial charge on any atom is 0.322 e. The molecule has 0 saturated carbocycles. The van der Waals surface area contributed by atoms with E-state index in [4.69, 9.17) is 9.97 Å². The average molecular weight is 467 g/mol. The highest BCUT2D eigenvalue weighted by Gasteiger charge is 2.27. The fraction of sp³-hybridized carbons (Fsp3) is 0.214. The predicted octanol–water partition coefficient (Wildman–Crippen LogP) is 4.80. The topological polar surface area (TPSA) is 82.2 Å². The van der Waals surface area contributed by atoms with Crippen molar-refractivity contribution in [1.82, 2.24) is 14.9 Å². The molecule has 1 aliphatic rings. The zero-order valence-corrected chi connectivity index (χ0v) is 19.9. The van der Waals surface area contributed by atoms with Crippen LogP contribution in [-0.2, 0) is 19.4 Å². The zero-order chi connectivity index (χ0) is 24.4. The third-order valence-electron chi connectivity index (χ3n) is 6.41. The molecular formula is C28H28N5O2+. The lowest BCUT2D eigenvalue weighted by molar-refractivity contribution is -0.904. The third-order valence-corrected chi connectivity index (χ3v) is 6.41. The van der Waals surface area contributed by atoms with Gasteiger partial charge in [0.05, 0.1) is 17.9 Å². The van der Waals surface area contributed by atoms with E-state index >= 15 is 0 Å². The van der Waals surface area contributed by atoms with Crippen LogP contribution in [0.25, 0.3) is 22.6 Å². The molecule has 2 aromatic heterocycles. The number of hydrogen-bond donors (Lipinski definition) is 2. The Kier molecular flexibility index (Phi) is 6.14. The SMILES string of the molecule is CCc1cccc(NC(=O)N2CCc3nc(-c4cc[n+](O)cc4)nc(-c4ccccc4C)c3C2)c1. The molecule has 4 aromatic rings. The van der Waals surface area contributed by atoms with E-state index in [1.54, 1.807) is 24.5 Å². The quantitative estimate of drug-likeness (QED) is 0.334. The van der Waals surface area contributed by atoms with Crippen LogP contribution in [0.2, 0.25) is 0 Å². The van der Waals surface area contributed by atoms with Crippen molar-refractivity contribution in [1.29, 1.82) is 0 Å². The molecule has 0 radical (unpaired) electrons. The Morgan fingerprint density at radius 1 is 1.09 bits per heavy atom. The maximum atomic E-state index is 13.2. The highest BCUT2D eigenvalue weighted by atomic mass is 16.5. The van der Waals surface area contributed by atoms with Crippen molar-refractivity contribution in [2.24, 2.45) is 0 Å². The molecule has 0 bridgehead atoms. The normalized spacial score (nSPS) is 12.8. The van der Waals surface area contributed by atoms with Crippen LogP contribution in [0.1, 0.15) is 29.3 Å². The van der Waals surface area contributed by atoms with Crippen LogP contribution in [-0.4, -0.2) is 32.7 Å². The number of carbonyl (C=O) groups is 1. The first kappa shape index (κ1) is 22.5. The van der Waals surface area contributed by atoms with Crippen molar-refractivity contribution in [2.75, 3.05) is 11.9 Å². The number of benzene rings is 2. The third kappa shape index (κ3) is 4.71. The van der Waals surface area contributed by atoms with Gasteiger partial charge in [0, 0.05) is 52.2 Å².